The lowest BCUT2D eigenvalue weighted by molar-refractivity contribution is -0.00989. The molecule has 0 unspecified atom stereocenters. The van der Waals surface area contributed by atoms with Gasteiger partial charge in [-0.15, -0.1) is 0 Å². The van der Waals surface area contributed by atoms with Gasteiger partial charge in [0.25, 0.3) is 0 Å². The maximum atomic E-state index is 5.34. The summed E-state index contributed by atoms with van der Waals surface area (Å²) in [6.07, 6.45) is 0. The van der Waals surface area contributed by atoms with Crippen molar-refractivity contribution < 1.29 is 25.1 Å². The van der Waals surface area contributed by atoms with Gasteiger partial charge in [0.1, 0.15) is 0 Å². The van der Waals surface area contributed by atoms with Crippen LogP contribution in [-0.2, 0) is 23.7 Å². The molecule has 0 aliphatic heterocycles. The summed E-state index contributed by atoms with van der Waals surface area (Å²) in [4.78, 5) is 0. The molecule has 0 aliphatic carbocycles. The van der Waals surface area contributed by atoms with Gasteiger partial charge in [-0.2, -0.15) is 0 Å². The van der Waals surface area contributed by atoms with Crippen molar-refractivity contribution >= 4 is 0 Å². The van der Waals surface area contributed by atoms with E-state index in [1.54, 1.807) is 0 Å². The van der Waals surface area contributed by atoms with Gasteiger partial charge < -0.3 is 29.0 Å². The fourth-order valence-corrected chi connectivity index (χ4v) is 1.20. The number of hydrogen-bond acceptors (Lipinski definition) is 6. The van der Waals surface area contributed by atoms with Crippen LogP contribution in [-0.4, -0.2) is 79.7 Å². The Kier molecular flexibility index (Phi) is 17.5. The van der Waals surface area contributed by atoms with Gasteiger partial charge in [0, 0.05) is 14.6 Å². The Labute approximate surface area is 118 Å². The molecular formula is C13H31NO5. The third-order valence-electron chi connectivity index (χ3n) is 2.19. The summed E-state index contributed by atoms with van der Waals surface area (Å²) < 4.78 is 26.4. The highest BCUT2D eigenvalue weighted by Gasteiger charge is 1.92. The Morgan fingerprint density at radius 3 is 1.37 bits per heavy atom. The van der Waals surface area contributed by atoms with Crippen molar-refractivity contribution in [2.75, 3.05) is 79.7 Å². The van der Waals surface area contributed by atoms with Crippen molar-refractivity contribution in [1.82, 2.24) is 5.32 Å². The van der Waals surface area contributed by atoms with Gasteiger partial charge >= 0.3 is 0 Å². The topological polar surface area (TPSA) is 58.2 Å². The molecule has 0 aromatic heterocycles. The third kappa shape index (κ3) is 17.8. The second-order valence-electron chi connectivity index (χ2n) is 3.75. The first kappa shape index (κ1) is 18.8. The van der Waals surface area contributed by atoms with Crippen molar-refractivity contribution in [3.63, 3.8) is 0 Å². The second-order valence-corrected chi connectivity index (χ2v) is 3.75. The van der Waals surface area contributed by atoms with Crippen LogP contribution in [0.5, 0.6) is 0 Å². The van der Waals surface area contributed by atoms with Gasteiger partial charge in [-0.1, -0.05) is 0 Å². The lowest BCUT2D eigenvalue weighted by Crippen LogP contribution is -2.17. The van der Waals surface area contributed by atoms with Crippen LogP contribution in [0.4, 0.5) is 0 Å². The van der Waals surface area contributed by atoms with Crippen molar-refractivity contribution in [2.24, 2.45) is 0 Å². The van der Waals surface area contributed by atoms with Crippen LogP contribution in [0.25, 0.3) is 0 Å². The van der Waals surface area contributed by atoms with Crippen LogP contribution < -0.4 is 5.32 Å². The number of ether oxygens (including phenoxy) is 5. The summed E-state index contributed by atoms with van der Waals surface area (Å²) in [6, 6.07) is 0. The zero-order valence-electron chi connectivity index (χ0n) is 12.3. The first-order valence-electron chi connectivity index (χ1n) is 6.95. The van der Waals surface area contributed by atoms with E-state index in [2.05, 4.69) is 5.32 Å². The highest BCUT2D eigenvalue weighted by molar-refractivity contribution is 4.37. The summed E-state index contributed by atoms with van der Waals surface area (Å²) in [6.45, 7) is 9.16. The summed E-state index contributed by atoms with van der Waals surface area (Å²) in [5.74, 6) is 0. The Morgan fingerprint density at radius 1 is 0.632 bits per heavy atom. The average Bonchev–Trinajstić information content (AvgIpc) is 2.43. The number of rotatable bonds is 16. The molecule has 1 N–H and O–H groups in total. The predicted octanol–water partition coefficient (Wildman–Crippen LogP) is 0.555. The van der Waals surface area contributed by atoms with E-state index in [1.165, 1.54) is 0 Å². The van der Waals surface area contributed by atoms with E-state index < -0.39 is 0 Å². The van der Waals surface area contributed by atoms with Gasteiger partial charge in [-0.3, -0.25) is 0 Å². The summed E-state index contributed by atoms with van der Waals surface area (Å²) in [5, 5.41) is 3.01. The Hall–Kier alpha value is -0.240. The zero-order chi connectivity index (χ0) is 14.0. The second kappa shape index (κ2) is 17.8. The Balaban J connectivity index is 0. The van der Waals surface area contributed by atoms with Crippen molar-refractivity contribution in [2.45, 2.75) is 6.92 Å². The quantitative estimate of drug-likeness (QED) is 0.417. The molecule has 0 spiro atoms. The van der Waals surface area contributed by atoms with E-state index in [1.807, 2.05) is 14.0 Å². The standard InChI is InChI=1S/C13H29NO5.H2/c1-3-15-6-7-17-10-11-19-13-12-18-9-8-16-5-4-14-2;/h14H,3-13H2,1-2H3;1H. The lowest BCUT2D eigenvalue weighted by Gasteiger charge is -2.07. The zero-order valence-corrected chi connectivity index (χ0v) is 12.3. The predicted molar refractivity (Wildman–Crippen MR) is 75.8 cm³/mol. The smallest absolute Gasteiger partial charge is 0.0701 e. The largest absolute Gasteiger partial charge is 0.379 e. The van der Waals surface area contributed by atoms with Gasteiger partial charge in [0.15, 0.2) is 0 Å². The number of likely N-dealkylation sites (N-methyl/N-ethyl adjacent to an activating group) is 1. The highest BCUT2D eigenvalue weighted by Crippen LogP contribution is 1.83. The number of nitrogens with one attached hydrogen (secondary N) is 1. The molecule has 118 valence electrons. The van der Waals surface area contributed by atoms with E-state index in [4.69, 9.17) is 23.7 Å². The minimum absolute atomic E-state index is 0. The van der Waals surface area contributed by atoms with Crippen molar-refractivity contribution in [3.8, 4) is 0 Å². The van der Waals surface area contributed by atoms with E-state index in [9.17, 15) is 0 Å². The van der Waals surface area contributed by atoms with Crippen LogP contribution in [0.1, 0.15) is 8.35 Å². The molecule has 0 radical (unpaired) electrons. The summed E-state index contributed by atoms with van der Waals surface area (Å²) in [7, 11) is 1.90. The summed E-state index contributed by atoms with van der Waals surface area (Å²) in [5.41, 5.74) is 0. The molecule has 19 heavy (non-hydrogen) atoms. The molecule has 0 aromatic rings. The van der Waals surface area contributed by atoms with Crippen LogP contribution >= 0.6 is 0 Å². The molecule has 0 saturated heterocycles. The van der Waals surface area contributed by atoms with E-state index in [0.717, 1.165) is 19.8 Å². The molecule has 0 atom stereocenters. The van der Waals surface area contributed by atoms with Gasteiger partial charge in [0.05, 0.1) is 59.5 Å². The van der Waals surface area contributed by atoms with Crippen LogP contribution in [0.3, 0.4) is 0 Å². The van der Waals surface area contributed by atoms with E-state index in [-0.39, 0.29) is 1.43 Å². The molecule has 0 heterocycles. The van der Waals surface area contributed by atoms with Crippen molar-refractivity contribution in [1.29, 1.82) is 0 Å². The fraction of sp³-hybridized carbons (Fsp3) is 1.00. The van der Waals surface area contributed by atoms with E-state index >= 15 is 0 Å². The Morgan fingerprint density at radius 2 is 1.00 bits per heavy atom. The molecule has 0 fully saturated rings. The SMILES string of the molecule is CCOCCOCCOCCOCCOCCNC.[HH]. The maximum Gasteiger partial charge on any atom is 0.0701 e. The molecule has 6 heteroatoms. The van der Waals surface area contributed by atoms with Crippen molar-refractivity contribution in [3.05, 3.63) is 0 Å². The average molecular weight is 281 g/mol. The molecule has 0 rings (SSSR count). The summed E-state index contributed by atoms with van der Waals surface area (Å²) >= 11 is 0. The Bertz CT molecular complexity index is 150. The van der Waals surface area contributed by atoms with Crippen LogP contribution in [0, 0.1) is 0 Å². The molecule has 0 aromatic carbocycles. The normalized spacial score (nSPS) is 11.1. The molecule has 0 aliphatic rings. The molecular weight excluding hydrogens is 250 g/mol. The number of hydrogen-bond donors (Lipinski definition) is 1. The first-order chi connectivity index (χ1) is 9.41. The van der Waals surface area contributed by atoms with Crippen LogP contribution in [0.2, 0.25) is 0 Å². The minimum Gasteiger partial charge on any atom is -0.379 e. The molecule has 0 amide bonds. The fourth-order valence-electron chi connectivity index (χ4n) is 1.20. The minimum atomic E-state index is 0. The monoisotopic (exact) mass is 281 g/mol. The lowest BCUT2D eigenvalue weighted by atomic mass is 10.6. The highest BCUT2D eigenvalue weighted by atomic mass is 16.6. The molecule has 0 bridgehead atoms. The van der Waals surface area contributed by atoms with Gasteiger partial charge in [-0.25, -0.2) is 0 Å². The maximum absolute atomic E-state index is 5.34. The van der Waals surface area contributed by atoms with E-state index in [0.29, 0.717) is 52.9 Å². The molecule has 0 saturated carbocycles. The van der Waals surface area contributed by atoms with Gasteiger partial charge in [-0.05, 0) is 14.0 Å². The van der Waals surface area contributed by atoms with Crippen LogP contribution in [0.15, 0.2) is 0 Å². The van der Waals surface area contributed by atoms with Gasteiger partial charge in [0.2, 0.25) is 0 Å². The first-order valence-corrected chi connectivity index (χ1v) is 6.95. The molecule has 6 nitrogen and oxygen atoms in total. The third-order valence-corrected chi connectivity index (χ3v) is 2.19.